The third-order valence-electron chi connectivity index (χ3n) is 3.76. The Balaban J connectivity index is 1.59. The average molecular weight is 350 g/mol. The summed E-state index contributed by atoms with van der Waals surface area (Å²) in [5.74, 6) is -0.931. The van der Waals surface area contributed by atoms with Crippen LogP contribution in [0.5, 0.6) is 0 Å². The standard InChI is InChI=1S/C18H18N6O2/c1-12(13-6-4-3-5-7-13)19-17(25)18(26)20-15-10-8-14(9-11-15)16-21-23-24(2)22-16/h3-12H,1-2H3,(H,19,25)(H,20,26)/t12-/m0/s1. The SMILES string of the molecule is C[C@H](NC(=O)C(=O)Nc1ccc(-c2nnn(C)n2)cc1)c1ccccc1. The molecule has 3 aromatic rings. The highest BCUT2D eigenvalue weighted by molar-refractivity contribution is 6.39. The predicted molar refractivity (Wildman–Crippen MR) is 95.9 cm³/mol. The zero-order chi connectivity index (χ0) is 18.5. The molecular formula is C18H18N6O2. The lowest BCUT2D eigenvalue weighted by Crippen LogP contribution is -2.36. The Hall–Kier alpha value is -3.55. The first-order valence-corrected chi connectivity index (χ1v) is 8.04. The van der Waals surface area contributed by atoms with E-state index in [1.54, 1.807) is 31.3 Å². The number of amides is 2. The summed E-state index contributed by atoms with van der Waals surface area (Å²) in [6.45, 7) is 1.82. The van der Waals surface area contributed by atoms with Crippen LogP contribution in [0.4, 0.5) is 5.69 Å². The van der Waals surface area contributed by atoms with E-state index in [0.717, 1.165) is 11.1 Å². The summed E-state index contributed by atoms with van der Waals surface area (Å²) in [6, 6.07) is 16.0. The number of hydrogen-bond donors (Lipinski definition) is 2. The largest absolute Gasteiger partial charge is 0.341 e. The number of nitrogens with zero attached hydrogens (tertiary/aromatic N) is 4. The molecule has 0 aliphatic rings. The third-order valence-corrected chi connectivity index (χ3v) is 3.76. The molecule has 2 aromatic carbocycles. The number of benzene rings is 2. The lowest BCUT2D eigenvalue weighted by molar-refractivity contribution is -0.136. The predicted octanol–water partition coefficient (Wildman–Crippen LogP) is 1.69. The summed E-state index contributed by atoms with van der Waals surface area (Å²) in [5, 5.41) is 17.0. The molecule has 0 aliphatic heterocycles. The van der Waals surface area contributed by atoms with Gasteiger partial charge in [0.25, 0.3) is 0 Å². The van der Waals surface area contributed by atoms with Gasteiger partial charge in [0.2, 0.25) is 5.82 Å². The van der Waals surface area contributed by atoms with E-state index in [4.69, 9.17) is 0 Å². The summed E-state index contributed by atoms with van der Waals surface area (Å²) >= 11 is 0. The van der Waals surface area contributed by atoms with Crippen LogP contribution in [0.2, 0.25) is 0 Å². The molecule has 0 aliphatic carbocycles. The van der Waals surface area contributed by atoms with Gasteiger partial charge in [0, 0.05) is 11.3 Å². The molecule has 1 aromatic heterocycles. The monoisotopic (exact) mass is 350 g/mol. The van der Waals surface area contributed by atoms with Crippen LogP contribution < -0.4 is 10.6 Å². The van der Waals surface area contributed by atoms with E-state index in [1.165, 1.54) is 4.80 Å². The molecule has 8 heteroatoms. The molecule has 26 heavy (non-hydrogen) atoms. The quantitative estimate of drug-likeness (QED) is 0.697. The molecule has 2 amide bonds. The van der Waals surface area contributed by atoms with E-state index in [1.807, 2.05) is 37.3 Å². The van der Waals surface area contributed by atoms with Crippen LogP contribution in [0.25, 0.3) is 11.4 Å². The fourth-order valence-electron chi connectivity index (χ4n) is 2.38. The van der Waals surface area contributed by atoms with Crippen molar-refractivity contribution in [2.75, 3.05) is 5.32 Å². The number of anilines is 1. The van der Waals surface area contributed by atoms with Crippen molar-refractivity contribution in [3.05, 3.63) is 60.2 Å². The molecule has 2 N–H and O–H groups in total. The topological polar surface area (TPSA) is 102 Å². The average Bonchev–Trinajstić information content (AvgIpc) is 3.09. The summed E-state index contributed by atoms with van der Waals surface area (Å²) in [7, 11) is 1.68. The van der Waals surface area contributed by atoms with Gasteiger partial charge in [-0.25, -0.2) is 0 Å². The van der Waals surface area contributed by atoms with Gasteiger partial charge in [0.05, 0.1) is 13.1 Å². The summed E-state index contributed by atoms with van der Waals surface area (Å²) < 4.78 is 0. The van der Waals surface area contributed by atoms with Gasteiger partial charge in [0.15, 0.2) is 0 Å². The Bertz CT molecular complexity index is 905. The first-order valence-electron chi connectivity index (χ1n) is 8.04. The van der Waals surface area contributed by atoms with Crippen molar-refractivity contribution in [1.29, 1.82) is 0 Å². The molecule has 1 heterocycles. The van der Waals surface area contributed by atoms with Crippen LogP contribution in [-0.2, 0) is 16.6 Å². The molecule has 0 saturated heterocycles. The van der Waals surface area contributed by atoms with Gasteiger partial charge in [-0.3, -0.25) is 9.59 Å². The molecule has 132 valence electrons. The van der Waals surface area contributed by atoms with Crippen LogP contribution in [0.1, 0.15) is 18.5 Å². The van der Waals surface area contributed by atoms with Crippen molar-refractivity contribution in [1.82, 2.24) is 25.5 Å². The fourth-order valence-corrected chi connectivity index (χ4v) is 2.38. The Kier molecular flexibility index (Phi) is 5.02. The van der Waals surface area contributed by atoms with Gasteiger partial charge in [-0.15, -0.1) is 10.2 Å². The minimum atomic E-state index is -0.724. The number of aromatic nitrogens is 4. The molecule has 0 saturated carbocycles. The molecular weight excluding hydrogens is 332 g/mol. The number of aryl methyl sites for hydroxylation is 1. The number of carbonyl (C=O) groups is 2. The maximum absolute atomic E-state index is 12.1. The van der Waals surface area contributed by atoms with E-state index < -0.39 is 11.8 Å². The third kappa shape index (κ3) is 4.10. The molecule has 3 rings (SSSR count). The lowest BCUT2D eigenvalue weighted by atomic mass is 10.1. The Morgan fingerprint density at radius 2 is 1.69 bits per heavy atom. The first-order chi connectivity index (χ1) is 12.5. The zero-order valence-corrected chi connectivity index (χ0v) is 14.4. The van der Waals surface area contributed by atoms with Gasteiger partial charge in [-0.1, -0.05) is 30.3 Å². The molecule has 0 unspecified atom stereocenters. The maximum Gasteiger partial charge on any atom is 0.313 e. The van der Waals surface area contributed by atoms with Crippen LogP contribution in [0.3, 0.4) is 0 Å². The van der Waals surface area contributed by atoms with E-state index in [2.05, 4.69) is 26.0 Å². The van der Waals surface area contributed by atoms with Gasteiger partial charge < -0.3 is 10.6 Å². The van der Waals surface area contributed by atoms with E-state index in [9.17, 15) is 9.59 Å². The second-order valence-corrected chi connectivity index (χ2v) is 5.74. The minimum Gasteiger partial charge on any atom is -0.341 e. The van der Waals surface area contributed by atoms with Crippen molar-refractivity contribution >= 4 is 17.5 Å². The van der Waals surface area contributed by atoms with Crippen LogP contribution in [-0.4, -0.2) is 32.0 Å². The fraction of sp³-hybridized carbons (Fsp3) is 0.167. The van der Waals surface area contributed by atoms with Crippen LogP contribution in [0, 0.1) is 0 Å². The van der Waals surface area contributed by atoms with Crippen molar-refractivity contribution in [2.45, 2.75) is 13.0 Å². The number of rotatable bonds is 4. The highest BCUT2D eigenvalue weighted by atomic mass is 16.2. The first kappa shape index (κ1) is 17.3. The summed E-state index contributed by atoms with van der Waals surface area (Å²) in [4.78, 5) is 25.5. The normalized spacial score (nSPS) is 11.6. The van der Waals surface area contributed by atoms with E-state index in [-0.39, 0.29) is 6.04 Å². The maximum atomic E-state index is 12.1. The zero-order valence-electron chi connectivity index (χ0n) is 14.4. The Morgan fingerprint density at radius 1 is 1.00 bits per heavy atom. The second-order valence-electron chi connectivity index (χ2n) is 5.74. The summed E-state index contributed by atoms with van der Waals surface area (Å²) in [5.41, 5.74) is 2.19. The van der Waals surface area contributed by atoms with Gasteiger partial charge in [0.1, 0.15) is 0 Å². The van der Waals surface area contributed by atoms with Gasteiger partial charge >= 0.3 is 11.8 Å². The highest BCUT2D eigenvalue weighted by Gasteiger charge is 2.17. The van der Waals surface area contributed by atoms with Crippen molar-refractivity contribution < 1.29 is 9.59 Å². The van der Waals surface area contributed by atoms with Crippen molar-refractivity contribution in [3.63, 3.8) is 0 Å². The number of carbonyl (C=O) groups excluding carboxylic acids is 2. The van der Waals surface area contributed by atoms with E-state index in [0.29, 0.717) is 11.5 Å². The number of nitrogens with one attached hydrogen (secondary N) is 2. The molecule has 0 radical (unpaired) electrons. The molecule has 0 spiro atoms. The Morgan fingerprint density at radius 3 is 2.31 bits per heavy atom. The van der Waals surface area contributed by atoms with E-state index >= 15 is 0 Å². The number of tetrazole rings is 1. The van der Waals surface area contributed by atoms with Gasteiger partial charge in [-0.2, -0.15) is 4.80 Å². The second kappa shape index (κ2) is 7.56. The van der Waals surface area contributed by atoms with Crippen LogP contribution >= 0.6 is 0 Å². The smallest absolute Gasteiger partial charge is 0.313 e. The van der Waals surface area contributed by atoms with Crippen molar-refractivity contribution in [2.24, 2.45) is 7.05 Å². The van der Waals surface area contributed by atoms with Gasteiger partial charge in [-0.05, 0) is 42.0 Å². The highest BCUT2D eigenvalue weighted by Crippen LogP contribution is 2.17. The summed E-state index contributed by atoms with van der Waals surface area (Å²) in [6.07, 6.45) is 0. The molecule has 1 atom stereocenters. The lowest BCUT2D eigenvalue weighted by Gasteiger charge is -2.14. The minimum absolute atomic E-state index is 0.264. The Labute approximate surface area is 150 Å². The van der Waals surface area contributed by atoms with Crippen LogP contribution in [0.15, 0.2) is 54.6 Å². The molecule has 0 bridgehead atoms. The number of hydrogen-bond acceptors (Lipinski definition) is 5. The van der Waals surface area contributed by atoms with Crippen molar-refractivity contribution in [3.8, 4) is 11.4 Å². The molecule has 0 fully saturated rings. The molecule has 8 nitrogen and oxygen atoms in total.